The van der Waals surface area contributed by atoms with E-state index in [4.69, 9.17) is 0 Å². The predicted octanol–water partition coefficient (Wildman–Crippen LogP) is 3.62. The highest BCUT2D eigenvalue weighted by atomic mass is 79.9. The first-order chi connectivity index (χ1) is 10.6. The average Bonchev–Trinajstić information content (AvgIpc) is 2.55. The quantitative estimate of drug-likeness (QED) is 0.608. The molecule has 1 aromatic heterocycles. The Morgan fingerprint density at radius 1 is 1.27 bits per heavy atom. The number of benzene rings is 1. The summed E-state index contributed by atoms with van der Waals surface area (Å²) in [6.45, 7) is 2.88. The number of thioether (sulfide) groups is 1. The molecule has 0 amide bonds. The van der Waals surface area contributed by atoms with E-state index in [-0.39, 0.29) is 5.69 Å². The van der Waals surface area contributed by atoms with Crippen LogP contribution in [-0.4, -0.2) is 35.1 Å². The van der Waals surface area contributed by atoms with E-state index >= 15 is 0 Å². The first kappa shape index (κ1) is 16.8. The summed E-state index contributed by atoms with van der Waals surface area (Å²) in [5.74, 6) is 0.147. The highest BCUT2D eigenvalue weighted by molar-refractivity contribution is 9.10. The zero-order valence-electron chi connectivity index (χ0n) is 12.2. The Bertz CT molecular complexity index is 620. The van der Waals surface area contributed by atoms with E-state index in [0.29, 0.717) is 11.1 Å². The maximum absolute atomic E-state index is 11.3. The Kier molecular flexibility index (Phi) is 6.21. The fraction of sp³-hybridized carbons (Fsp3) is 0.267. The van der Waals surface area contributed by atoms with Crippen molar-refractivity contribution in [1.82, 2.24) is 10.2 Å². The summed E-state index contributed by atoms with van der Waals surface area (Å²) >= 11 is 5.20. The molecule has 1 aromatic carbocycles. The van der Waals surface area contributed by atoms with Crippen molar-refractivity contribution in [2.45, 2.75) is 17.1 Å². The standard InChI is InChI=1S/C15H16BrN3O2S/c1-10(22-12-5-3-11(16)4-6-12)9-17-14-8-7-13(18-19-14)15(20)21-2/h3-8,10H,9H2,1-2H3,(H,17,19). The minimum absolute atomic E-state index is 0.199. The molecule has 0 aliphatic heterocycles. The van der Waals surface area contributed by atoms with Crippen molar-refractivity contribution in [1.29, 1.82) is 0 Å². The molecule has 0 spiro atoms. The van der Waals surface area contributed by atoms with E-state index in [1.807, 2.05) is 12.1 Å². The molecule has 1 N–H and O–H groups in total. The number of methoxy groups -OCH3 is 1. The number of rotatable bonds is 6. The summed E-state index contributed by atoms with van der Waals surface area (Å²) in [5, 5.41) is 11.4. The molecular weight excluding hydrogens is 366 g/mol. The summed E-state index contributed by atoms with van der Waals surface area (Å²) in [4.78, 5) is 12.5. The molecule has 0 bridgehead atoms. The smallest absolute Gasteiger partial charge is 0.358 e. The Morgan fingerprint density at radius 2 is 2.00 bits per heavy atom. The third-order valence-electron chi connectivity index (χ3n) is 2.78. The molecule has 1 unspecified atom stereocenters. The number of nitrogens with one attached hydrogen (secondary N) is 1. The second-order valence-electron chi connectivity index (χ2n) is 4.56. The summed E-state index contributed by atoms with van der Waals surface area (Å²) in [6, 6.07) is 11.5. The van der Waals surface area contributed by atoms with E-state index < -0.39 is 5.97 Å². The highest BCUT2D eigenvalue weighted by Crippen LogP contribution is 2.24. The largest absolute Gasteiger partial charge is 0.464 e. The van der Waals surface area contributed by atoms with E-state index in [9.17, 15) is 4.79 Å². The number of esters is 1. The minimum Gasteiger partial charge on any atom is -0.464 e. The van der Waals surface area contributed by atoms with Gasteiger partial charge < -0.3 is 10.1 Å². The van der Waals surface area contributed by atoms with E-state index in [0.717, 1.165) is 11.0 Å². The second kappa shape index (κ2) is 8.14. The van der Waals surface area contributed by atoms with Gasteiger partial charge >= 0.3 is 5.97 Å². The Hall–Kier alpha value is -1.60. The lowest BCUT2D eigenvalue weighted by Gasteiger charge is -2.12. The summed E-state index contributed by atoms with van der Waals surface area (Å²) in [5.41, 5.74) is 0.199. The van der Waals surface area contributed by atoms with Crippen LogP contribution in [0.2, 0.25) is 0 Å². The first-order valence-electron chi connectivity index (χ1n) is 6.66. The molecule has 0 fully saturated rings. The molecule has 0 radical (unpaired) electrons. The maximum Gasteiger partial charge on any atom is 0.358 e. The lowest BCUT2D eigenvalue weighted by molar-refractivity contribution is 0.0593. The van der Waals surface area contributed by atoms with Gasteiger partial charge in [-0.1, -0.05) is 22.9 Å². The molecule has 1 heterocycles. The van der Waals surface area contributed by atoms with Crippen molar-refractivity contribution in [2.75, 3.05) is 19.0 Å². The number of anilines is 1. The van der Waals surface area contributed by atoms with Crippen molar-refractivity contribution in [3.8, 4) is 0 Å². The Balaban J connectivity index is 1.84. The number of carbonyl (C=O) groups is 1. The van der Waals surface area contributed by atoms with Gasteiger partial charge in [-0.25, -0.2) is 4.79 Å². The van der Waals surface area contributed by atoms with Gasteiger partial charge in [-0.2, -0.15) is 0 Å². The fourth-order valence-corrected chi connectivity index (χ4v) is 2.86. The number of hydrogen-bond donors (Lipinski definition) is 1. The van der Waals surface area contributed by atoms with Crippen molar-refractivity contribution in [3.05, 3.63) is 46.6 Å². The molecule has 22 heavy (non-hydrogen) atoms. The van der Waals surface area contributed by atoms with Crippen LogP contribution in [0, 0.1) is 0 Å². The molecule has 7 heteroatoms. The van der Waals surface area contributed by atoms with Crippen LogP contribution in [0.1, 0.15) is 17.4 Å². The molecule has 5 nitrogen and oxygen atoms in total. The minimum atomic E-state index is -0.488. The van der Waals surface area contributed by atoms with Crippen LogP contribution in [0.3, 0.4) is 0 Å². The number of nitrogens with zero attached hydrogens (tertiary/aromatic N) is 2. The van der Waals surface area contributed by atoms with Crippen LogP contribution in [0.25, 0.3) is 0 Å². The van der Waals surface area contributed by atoms with Crippen molar-refractivity contribution < 1.29 is 9.53 Å². The third kappa shape index (κ3) is 4.99. The maximum atomic E-state index is 11.3. The third-order valence-corrected chi connectivity index (χ3v) is 4.42. The van der Waals surface area contributed by atoms with Gasteiger partial charge in [-0.05, 0) is 36.4 Å². The van der Waals surface area contributed by atoms with E-state index in [1.54, 1.807) is 23.9 Å². The average molecular weight is 382 g/mol. The molecule has 0 saturated carbocycles. The van der Waals surface area contributed by atoms with Crippen LogP contribution in [0.4, 0.5) is 5.82 Å². The number of hydrogen-bond acceptors (Lipinski definition) is 6. The molecule has 2 rings (SSSR count). The van der Waals surface area contributed by atoms with Crippen molar-refractivity contribution in [3.63, 3.8) is 0 Å². The number of ether oxygens (including phenoxy) is 1. The van der Waals surface area contributed by atoms with E-state index in [2.05, 4.69) is 55.2 Å². The van der Waals surface area contributed by atoms with Gasteiger partial charge in [0.05, 0.1) is 7.11 Å². The van der Waals surface area contributed by atoms with Gasteiger partial charge in [0, 0.05) is 21.2 Å². The van der Waals surface area contributed by atoms with Crippen LogP contribution in [-0.2, 0) is 4.74 Å². The zero-order chi connectivity index (χ0) is 15.9. The molecule has 2 aromatic rings. The van der Waals surface area contributed by atoms with Crippen molar-refractivity contribution >= 4 is 39.5 Å². The van der Waals surface area contributed by atoms with Gasteiger partial charge in [-0.15, -0.1) is 22.0 Å². The second-order valence-corrected chi connectivity index (χ2v) is 6.99. The SMILES string of the molecule is COC(=O)c1ccc(NCC(C)Sc2ccc(Br)cc2)nn1. The number of aromatic nitrogens is 2. The molecule has 0 saturated heterocycles. The van der Waals surface area contributed by atoms with Gasteiger partial charge in [0.2, 0.25) is 0 Å². The molecule has 1 atom stereocenters. The van der Waals surface area contributed by atoms with Gasteiger partial charge in [0.25, 0.3) is 0 Å². The molecule has 116 valence electrons. The zero-order valence-corrected chi connectivity index (χ0v) is 14.6. The van der Waals surface area contributed by atoms with Gasteiger partial charge in [0.15, 0.2) is 5.69 Å². The summed E-state index contributed by atoms with van der Waals surface area (Å²) in [6.07, 6.45) is 0. The topological polar surface area (TPSA) is 64.1 Å². The summed E-state index contributed by atoms with van der Waals surface area (Å²) in [7, 11) is 1.32. The van der Waals surface area contributed by atoms with Crippen LogP contribution < -0.4 is 5.32 Å². The van der Waals surface area contributed by atoms with Gasteiger partial charge in [0.1, 0.15) is 5.82 Å². The molecule has 0 aliphatic rings. The number of carbonyl (C=O) groups excluding carboxylic acids is 1. The number of halogens is 1. The van der Waals surface area contributed by atoms with Gasteiger partial charge in [-0.3, -0.25) is 0 Å². The predicted molar refractivity (Wildman–Crippen MR) is 91.3 cm³/mol. The van der Waals surface area contributed by atoms with Crippen molar-refractivity contribution in [2.24, 2.45) is 0 Å². The first-order valence-corrected chi connectivity index (χ1v) is 8.34. The Morgan fingerprint density at radius 3 is 2.59 bits per heavy atom. The van der Waals surface area contributed by atoms with Crippen LogP contribution in [0.5, 0.6) is 0 Å². The fourth-order valence-electron chi connectivity index (χ4n) is 1.68. The Labute approximate surface area is 142 Å². The lowest BCUT2D eigenvalue weighted by atomic mass is 10.4. The summed E-state index contributed by atoms with van der Waals surface area (Å²) < 4.78 is 5.65. The highest BCUT2D eigenvalue weighted by Gasteiger charge is 2.09. The van der Waals surface area contributed by atoms with Crippen LogP contribution >= 0.6 is 27.7 Å². The molecule has 0 aliphatic carbocycles. The monoisotopic (exact) mass is 381 g/mol. The van der Waals surface area contributed by atoms with Crippen LogP contribution in [0.15, 0.2) is 45.8 Å². The van der Waals surface area contributed by atoms with E-state index in [1.165, 1.54) is 12.0 Å². The molecular formula is C15H16BrN3O2S. The lowest BCUT2D eigenvalue weighted by Crippen LogP contribution is -2.15. The normalized spacial score (nSPS) is 11.8.